The fourth-order valence-electron chi connectivity index (χ4n) is 1.31. The molecule has 3 nitrogen and oxygen atoms in total. The van der Waals surface area contributed by atoms with Crippen molar-refractivity contribution in [1.29, 1.82) is 0 Å². The molecule has 1 N–H and O–H groups in total. The number of carbonyl (C=O) groups is 1. The Bertz CT molecular complexity index is 560. The maximum absolute atomic E-state index is 11.9. The molecule has 2 aromatic rings. The Kier molecular flexibility index (Phi) is 4.11. The highest BCUT2D eigenvalue weighted by molar-refractivity contribution is 14.1. The molecule has 0 radical (unpaired) electrons. The van der Waals surface area contributed by atoms with Crippen LogP contribution in [0.4, 0.5) is 5.69 Å². The van der Waals surface area contributed by atoms with E-state index in [4.69, 9.17) is 0 Å². The van der Waals surface area contributed by atoms with Gasteiger partial charge in [0.25, 0.3) is 5.91 Å². The first-order valence-electron chi connectivity index (χ1n) is 4.82. The molecule has 1 heterocycles. The lowest BCUT2D eigenvalue weighted by molar-refractivity contribution is 0.102. The summed E-state index contributed by atoms with van der Waals surface area (Å²) < 4.78 is 1.86. The second-order valence-electron chi connectivity index (χ2n) is 3.36. The number of nitrogens with zero attached hydrogens (tertiary/aromatic N) is 1. The number of hydrogen-bond donors (Lipinski definition) is 1. The van der Waals surface area contributed by atoms with Crippen molar-refractivity contribution in [3.8, 4) is 0 Å². The van der Waals surface area contributed by atoms with Crippen LogP contribution in [0.3, 0.4) is 0 Å². The van der Waals surface area contributed by atoms with E-state index < -0.39 is 0 Å². The zero-order chi connectivity index (χ0) is 12.3. The van der Waals surface area contributed by atoms with Gasteiger partial charge in [-0.25, -0.2) is 0 Å². The molecule has 1 amide bonds. The van der Waals surface area contributed by atoms with Crippen LogP contribution in [0, 0.1) is 3.57 Å². The largest absolute Gasteiger partial charge is 0.322 e. The summed E-state index contributed by atoms with van der Waals surface area (Å²) in [6.45, 7) is 0. The number of aromatic nitrogens is 1. The lowest BCUT2D eigenvalue weighted by atomic mass is 10.2. The Balaban J connectivity index is 2.17. The van der Waals surface area contributed by atoms with Crippen molar-refractivity contribution < 1.29 is 4.79 Å². The van der Waals surface area contributed by atoms with Crippen molar-refractivity contribution >= 4 is 50.1 Å². The van der Waals surface area contributed by atoms with Crippen molar-refractivity contribution in [1.82, 2.24) is 4.98 Å². The summed E-state index contributed by atoms with van der Waals surface area (Å²) in [5.74, 6) is -0.166. The van der Waals surface area contributed by atoms with Gasteiger partial charge in [0.1, 0.15) is 0 Å². The molecule has 17 heavy (non-hydrogen) atoms. The molecule has 0 saturated carbocycles. The molecule has 0 saturated heterocycles. The molecular formula is C12H8BrIN2O. The van der Waals surface area contributed by atoms with Gasteiger partial charge in [0.05, 0.1) is 5.56 Å². The minimum absolute atomic E-state index is 0.166. The fourth-order valence-corrected chi connectivity index (χ4v) is 2.21. The molecule has 2 rings (SSSR count). The van der Waals surface area contributed by atoms with E-state index in [0.717, 1.165) is 13.7 Å². The van der Waals surface area contributed by atoms with Crippen LogP contribution in [0.1, 0.15) is 10.4 Å². The van der Waals surface area contributed by atoms with Crippen LogP contribution in [-0.4, -0.2) is 10.9 Å². The highest BCUT2D eigenvalue weighted by Crippen LogP contribution is 2.15. The third-order valence-electron chi connectivity index (χ3n) is 2.05. The van der Waals surface area contributed by atoms with Gasteiger partial charge in [0.15, 0.2) is 0 Å². The van der Waals surface area contributed by atoms with E-state index in [2.05, 4.69) is 48.8 Å². The number of benzene rings is 1. The molecule has 0 aliphatic carbocycles. The monoisotopic (exact) mass is 402 g/mol. The van der Waals surface area contributed by atoms with Crippen LogP contribution < -0.4 is 5.32 Å². The summed E-state index contributed by atoms with van der Waals surface area (Å²) in [5.41, 5.74) is 1.31. The first-order valence-corrected chi connectivity index (χ1v) is 6.70. The Morgan fingerprint density at radius 2 is 2.12 bits per heavy atom. The number of rotatable bonds is 2. The SMILES string of the molecule is O=C(Nc1cccc(I)c1)c1cncc(Br)c1. The van der Waals surface area contributed by atoms with Gasteiger partial charge < -0.3 is 5.32 Å². The third-order valence-corrected chi connectivity index (χ3v) is 3.15. The van der Waals surface area contributed by atoms with Crippen LogP contribution >= 0.6 is 38.5 Å². The third kappa shape index (κ3) is 3.50. The van der Waals surface area contributed by atoms with E-state index in [0.29, 0.717) is 5.56 Å². The molecule has 0 bridgehead atoms. The summed E-state index contributed by atoms with van der Waals surface area (Å²) in [7, 11) is 0. The summed E-state index contributed by atoms with van der Waals surface area (Å²) in [6.07, 6.45) is 3.18. The molecule has 0 aliphatic rings. The molecule has 1 aromatic carbocycles. The molecule has 0 aliphatic heterocycles. The van der Waals surface area contributed by atoms with Crippen LogP contribution in [0.5, 0.6) is 0 Å². The van der Waals surface area contributed by atoms with Crippen molar-refractivity contribution in [3.63, 3.8) is 0 Å². The minimum atomic E-state index is -0.166. The van der Waals surface area contributed by atoms with Gasteiger partial charge in [0, 0.05) is 26.1 Å². The topological polar surface area (TPSA) is 42.0 Å². The lowest BCUT2D eigenvalue weighted by Gasteiger charge is -2.05. The molecule has 0 spiro atoms. The van der Waals surface area contributed by atoms with Crippen LogP contribution in [0.25, 0.3) is 0 Å². The molecule has 0 unspecified atom stereocenters. The first kappa shape index (κ1) is 12.5. The number of hydrogen-bond acceptors (Lipinski definition) is 2. The predicted octanol–water partition coefficient (Wildman–Crippen LogP) is 3.70. The highest BCUT2D eigenvalue weighted by Gasteiger charge is 2.06. The number of halogens is 2. The summed E-state index contributed by atoms with van der Waals surface area (Å²) >= 11 is 5.48. The van der Waals surface area contributed by atoms with Crippen LogP contribution in [-0.2, 0) is 0 Å². The Morgan fingerprint density at radius 3 is 2.82 bits per heavy atom. The van der Waals surface area contributed by atoms with Crippen molar-refractivity contribution in [2.24, 2.45) is 0 Å². The van der Waals surface area contributed by atoms with E-state index in [1.165, 1.54) is 6.20 Å². The van der Waals surface area contributed by atoms with Gasteiger partial charge in [-0.2, -0.15) is 0 Å². The van der Waals surface area contributed by atoms with Crippen LogP contribution in [0.2, 0.25) is 0 Å². The van der Waals surface area contributed by atoms with Gasteiger partial charge in [-0.05, 0) is 62.8 Å². The van der Waals surface area contributed by atoms with Gasteiger partial charge in [-0.15, -0.1) is 0 Å². The molecule has 1 aromatic heterocycles. The Labute approximate surface area is 121 Å². The fraction of sp³-hybridized carbons (Fsp3) is 0. The lowest BCUT2D eigenvalue weighted by Crippen LogP contribution is -2.12. The standard InChI is InChI=1S/C12H8BrIN2O/c13-9-4-8(6-15-7-9)12(17)16-11-3-1-2-10(14)5-11/h1-7H,(H,16,17). The van der Waals surface area contributed by atoms with Gasteiger partial charge in [0.2, 0.25) is 0 Å². The average Bonchev–Trinajstić information content (AvgIpc) is 2.29. The van der Waals surface area contributed by atoms with Crippen molar-refractivity contribution in [3.05, 3.63) is 56.3 Å². The molecular weight excluding hydrogens is 395 g/mol. The quantitative estimate of drug-likeness (QED) is 0.778. The first-order chi connectivity index (χ1) is 8.15. The van der Waals surface area contributed by atoms with Gasteiger partial charge in [-0.3, -0.25) is 9.78 Å². The second kappa shape index (κ2) is 5.59. The van der Waals surface area contributed by atoms with E-state index in [9.17, 15) is 4.79 Å². The summed E-state index contributed by atoms with van der Waals surface area (Å²) in [6, 6.07) is 9.36. The van der Waals surface area contributed by atoms with E-state index in [1.807, 2.05) is 24.3 Å². The average molecular weight is 403 g/mol. The molecule has 0 atom stereocenters. The maximum Gasteiger partial charge on any atom is 0.257 e. The molecule has 5 heteroatoms. The summed E-state index contributed by atoms with van der Waals surface area (Å²) in [4.78, 5) is 15.9. The second-order valence-corrected chi connectivity index (χ2v) is 5.52. The van der Waals surface area contributed by atoms with Crippen molar-refractivity contribution in [2.45, 2.75) is 0 Å². The van der Waals surface area contributed by atoms with Gasteiger partial charge >= 0.3 is 0 Å². The normalized spacial score (nSPS) is 10.0. The number of amides is 1. The smallest absolute Gasteiger partial charge is 0.257 e. The van der Waals surface area contributed by atoms with E-state index >= 15 is 0 Å². The number of nitrogens with one attached hydrogen (secondary N) is 1. The maximum atomic E-state index is 11.9. The van der Waals surface area contributed by atoms with E-state index in [-0.39, 0.29) is 5.91 Å². The van der Waals surface area contributed by atoms with E-state index in [1.54, 1.807) is 12.3 Å². The number of carbonyl (C=O) groups excluding carboxylic acids is 1. The number of anilines is 1. The zero-order valence-corrected chi connectivity index (χ0v) is 12.4. The van der Waals surface area contributed by atoms with Gasteiger partial charge in [-0.1, -0.05) is 6.07 Å². The summed E-state index contributed by atoms with van der Waals surface area (Å²) in [5, 5.41) is 2.82. The number of pyridine rings is 1. The Hall–Kier alpha value is -0.950. The van der Waals surface area contributed by atoms with Crippen LogP contribution in [0.15, 0.2) is 47.2 Å². The Morgan fingerprint density at radius 1 is 1.29 bits per heavy atom. The molecule has 0 fully saturated rings. The minimum Gasteiger partial charge on any atom is -0.322 e. The zero-order valence-electron chi connectivity index (χ0n) is 8.65. The highest BCUT2D eigenvalue weighted by atomic mass is 127. The predicted molar refractivity (Wildman–Crippen MR) is 79.0 cm³/mol. The molecule has 86 valence electrons. The van der Waals surface area contributed by atoms with Crippen molar-refractivity contribution in [2.75, 3.05) is 5.32 Å².